The Bertz CT molecular complexity index is 1120. The molecule has 0 saturated carbocycles. The molecular weight excluding hydrogens is 356 g/mol. The number of hydrogen-bond acceptors (Lipinski definition) is 5. The number of halogens is 1. The first kappa shape index (κ1) is 16.4. The maximum Gasteiger partial charge on any atom is 0.335 e. The maximum absolute atomic E-state index is 11.0. The van der Waals surface area contributed by atoms with Gasteiger partial charge in [0.05, 0.1) is 10.6 Å². The third-order valence-electron chi connectivity index (χ3n) is 4.19. The molecule has 7 heteroatoms. The summed E-state index contributed by atoms with van der Waals surface area (Å²) in [6.45, 7) is 3.97. The lowest BCUT2D eigenvalue weighted by Crippen LogP contribution is -1.96. The fourth-order valence-corrected chi connectivity index (χ4v) is 3.03. The van der Waals surface area contributed by atoms with Gasteiger partial charge in [-0.1, -0.05) is 28.9 Å². The van der Waals surface area contributed by atoms with E-state index in [2.05, 4.69) is 10.1 Å². The first-order valence-corrected chi connectivity index (χ1v) is 8.19. The maximum atomic E-state index is 11.0. The standard InChI is InChI=1S/C19H13ClN2O4/c1-9-3-4-10(2)16-13(9)8-15(25-16)18-21-17(22-26-18)12-6-5-11(19(23)24)7-14(12)20/h3-8H,1-2H3,(H,23,24). The first-order valence-electron chi connectivity index (χ1n) is 7.81. The fourth-order valence-electron chi connectivity index (χ4n) is 2.76. The molecule has 1 N–H and O–H groups in total. The molecule has 0 aliphatic carbocycles. The minimum absolute atomic E-state index is 0.0886. The van der Waals surface area contributed by atoms with Crippen molar-refractivity contribution in [3.63, 3.8) is 0 Å². The molecule has 0 bridgehead atoms. The zero-order chi connectivity index (χ0) is 18.4. The second-order valence-electron chi connectivity index (χ2n) is 5.98. The Morgan fingerprint density at radius 1 is 1.12 bits per heavy atom. The number of aromatic carboxylic acids is 1. The molecule has 4 aromatic rings. The summed E-state index contributed by atoms with van der Waals surface area (Å²) in [5.74, 6) is -0.0982. The van der Waals surface area contributed by atoms with Crippen molar-refractivity contribution in [2.24, 2.45) is 0 Å². The zero-order valence-corrected chi connectivity index (χ0v) is 14.7. The molecular formula is C19H13ClN2O4. The Kier molecular flexibility index (Phi) is 3.77. The second-order valence-corrected chi connectivity index (χ2v) is 6.38. The van der Waals surface area contributed by atoms with E-state index in [1.165, 1.54) is 12.1 Å². The highest BCUT2D eigenvalue weighted by atomic mass is 35.5. The summed E-state index contributed by atoms with van der Waals surface area (Å²) in [6, 6.07) is 10.2. The van der Waals surface area contributed by atoms with Gasteiger partial charge in [-0.2, -0.15) is 4.98 Å². The number of carboxylic acids is 1. The van der Waals surface area contributed by atoms with Gasteiger partial charge in [-0.3, -0.25) is 0 Å². The number of fused-ring (bicyclic) bond motifs is 1. The van der Waals surface area contributed by atoms with E-state index in [4.69, 9.17) is 25.6 Å². The molecule has 4 rings (SSSR count). The SMILES string of the molecule is Cc1ccc(C)c2oc(-c3nc(-c4ccc(C(=O)O)cc4Cl)no3)cc12. The van der Waals surface area contributed by atoms with Crippen LogP contribution < -0.4 is 0 Å². The Hall–Kier alpha value is -3.12. The van der Waals surface area contributed by atoms with Gasteiger partial charge in [0.2, 0.25) is 5.82 Å². The van der Waals surface area contributed by atoms with Crippen LogP contribution in [-0.2, 0) is 0 Å². The monoisotopic (exact) mass is 368 g/mol. The number of furan rings is 1. The molecule has 2 heterocycles. The van der Waals surface area contributed by atoms with Crippen molar-refractivity contribution in [3.05, 3.63) is 58.1 Å². The Morgan fingerprint density at radius 2 is 1.88 bits per heavy atom. The molecule has 0 radical (unpaired) electrons. The summed E-state index contributed by atoms with van der Waals surface area (Å²) in [5.41, 5.74) is 3.46. The minimum Gasteiger partial charge on any atom is -0.478 e. The molecule has 2 aromatic heterocycles. The number of aromatic nitrogens is 2. The molecule has 0 amide bonds. The van der Waals surface area contributed by atoms with E-state index in [0.29, 0.717) is 11.3 Å². The zero-order valence-electron chi connectivity index (χ0n) is 13.9. The van der Waals surface area contributed by atoms with E-state index < -0.39 is 5.97 Å². The van der Waals surface area contributed by atoms with Crippen LogP contribution in [0.25, 0.3) is 34.0 Å². The van der Waals surface area contributed by atoms with Crippen molar-refractivity contribution < 1.29 is 18.8 Å². The van der Waals surface area contributed by atoms with Crippen LogP contribution in [0.4, 0.5) is 0 Å². The highest BCUT2D eigenvalue weighted by Gasteiger charge is 2.18. The van der Waals surface area contributed by atoms with Gasteiger partial charge in [0, 0.05) is 10.9 Å². The predicted molar refractivity (Wildman–Crippen MR) is 96.4 cm³/mol. The lowest BCUT2D eigenvalue weighted by molar-refractivity contribution is 0.0697. The average Bonchev–Trinajstić information content (AvgIpc) is 3.25. The molecule has 0 saturated heterocycles. The van der Waals surface area contributed by atoms with Gasteiger partial charge in [0.1, 0.15) is 5.58 Å². The summed E-state index contributed by atoms with van der Waals surface area (Å²) in [7, 11) is 0. The van der Waals surface area contributed by atoms with Crippen LogP contribution in [0.15, 0.2) is 45.3 Å². The van der Waals surface area contributed by atoms with Crippen molar-refractivity contribution in [1.29, 1.82) is 0 Å². The molecule has 0 aliphatic rings. The number of carboxylic acid groups (broad SMARTS) is 1. The summed E-state index contributed by atoms with van der Waals surface area (Å²) in [5, 5.41) is 14.2. The lowest BCUT2D eigenvalue weighted by Gasteiger charge is -2.00. The summed E-state index contributed by atoms with van der Waals surface area (Å²) in [4.78, 5) is 15.3. The second kappa shape index (κ2) is 6.00. The van der Waals surface area contributed by atoms with Gasteiger partial charge in [-0.15, -0.1) is 0 Å². The van der Waals surface area contributed by atoms with Crippen molar-refractivity contribution >= 4 is 28.5 Å². The highest BCUT2D eigenvalue weighted by Crippen LogP contribution is 2.33. The van der Waals surface area contributed by atoms with Gasteiger partial charge in [0.15, 0.2) is 5.76 Å². The van der Waals surface area contributed by atoms with E-state index in [0.717, 1.165) is 22.1 Å². The number of aryl methyl sites for hydroxylation is 2. The number of nitrogens with zero attached hydrogens (tertiary/aromatic N) is 2. The Morgan fingerprint density at radius 3 is 2.58 bits per heavy atom. The average molecular weight is 369 g/mol. The highest BCUT2D eigenvalue weighted by molar-refractivity contribution is 6.33. The molecule has 0 fully saturated rings. The lowest BCUT2D eigenvalue weighted by atomic mass is 10.1. The number of carbonyl (C=O) groups is 1. The third kappa shape index (κ3) is 2.64. The van der Waals surface area contributed by atoms with E-state index in [1.807, 2.05) is 32.0 Å². The topological polar surface area (TPSA) is 89.4 Å². The molecule has 26 heavy (non-hydrogen) atoms. The largest absolute Gasteiger partial charge is 0.478 e. The molecule has 0 atom stereocenters. The van der Waals surface area contributed by atoms with Gasteiger partial charge < -0.3 is 14.0 Å². The molecule has 6 nitrogen and oxygen atoms in total. The van der Waals surface area contributed by atoms with E-state index in [1.54, 1.807) is 6.07 Å². The predicted octanol–water partition coefficient (Wildman–Crippen LogP) is 5.12. The quantitative estimate of drug-likeness (QED) is 0.540. The van der Waals surface area contributed by atoms with Crippen LogP contribution in [0.3, 0.4) is 0 Å². The molecule has 2 aromatic carbocycles. The van der Waals surface area contributed by atoms with Gasteiger partial charge in [-0.05, 0) is 49.2 Å². The van der Waals surface area contributed by atoms with E-state index in [9.17, 15) is 4.79 Å². The molecule has 0 spiro atoms. The van der Waals surface area contributed by atoms with Crippen molar-refractivity contribution in [1.82, 2.24) is 10.1 Å². The van der Waals surface area contributed by atoms with Gasteiger partial charge in [-0.25, -0.2) is 4.79 Å². The fraction of sp³-hybridized carbons (Fsp3) is 0.105. The minimum atomic E-state index is -1.06. The molecule has 0 unspecified atom stereocenters. The van der Waals surface area contributed by atoms with Crippen LogP contribution in [0.1, 0.15) is 21.5 Å². The molecule has 0 aliphatic heterocycles. The van der Waals surface area contributed by atoms with Crippen molar-refractivity contribution in [2.75, 3.05) is 0 Å². The number of hydrogen-bond donors (Lipinski definition) is 1. The normalized spacial score (nSPS) is 11.2. The Balaban J connectivity index is 1.76. The first-order chi connectivity index (χ1) is 12.4. The van der Waals surface area contributed by atoms with Crippen LogP contribution in [-0.4, -0.2) is 21.2 Å². The number of rotatable bonds is 3. The number of benzene rings is 2. The molecule has 130 valence electrons. The summed E-state index contributed by atoms with van der Waals surface area (Å²) < 4.78 is 11.2. The van der Waals surface area contributed by atoms with Crippen LogP contribution in [0.5, 0.6) is 0 Å². The van der Waals surface area contributed by atoms with Crippen molar-refractivity contribution in [3.8, 4) is 23.0 Å². The van der Waals surface area contributed by atoms with Gasteiger partial charge >= 0.3 is 5.97 Å². The van der Waals surface area contributed by atoms with E-state index >= 15 is 0 Å². The summed E-state index contributed by atoms with van der Waals surface area (Å²) >= 11 is 6.16. The van der Waals surface area contributed by atoms with Crippen molar-refractivity contribution in [2.45, 2.75) is 13.8 Å². The van der Waals surface area contributed by atoms with Gasteiger partial charge in [0.25, 0.3) is 5.89 Å². The van der Waals surface area contributed by atoms with Crippen LogP contribution in [0.2, 0.25) is 5.02 Å². The van der Waals surface area contributed by atoms with E-state index in [-0.39, 0.29) is 22.3 Å². The Labute approximate surface area is 153 Å². The summed E-state index contributed by atoms with van der Waals surface area (Å²) in [6.07, 6.45) is 0. The van der Waals surface area contributed by atoms with Crippen LogP contribution >= 0.6 is 11.6 Å². The third-order valence-corrected chi connectivity index (χ3v) is 4.50. The smallest absolute Gasteiger partial charge is 0.335 e. The van der Waals surface area contributed by atoms with Crippen LogP contribution in [0, 0.1) is 13.8 Å².